The van der Waals surface area contributed by atoms with E-state index >= 15 is 0 Å². The third kappa shape index (κ3) is 5.29. The van der Waals surface area contributed by atoms with Gasteiger partial charge in [0, 0.05) is 38.8 Å². The van der Waals surface area contributed by atoms with Gasteiger partial charge in [0.1, 0.15) is 0 Å². The number of aliphatic hydroxyl groups is 1. The highest BCUT2D eigenvalue weighted by Gasteiger charge is 2.26. The summed E-state index contributed by atoms with van der Waals surface area (Å²) in [5.74, 6) is 0.121. The van der Waals surface area contributed by atoms with Gasteiger partial charge in [-0.1, -0.05) is 19.3 Å². The molecule has 0 spiro atoms. The van der Waals surface area contributed by atoms with Gasteiger partial charge in [-0.3, -0.25) is 4.90 Å². The maximum absolute atomic E-state index is 12.1. The minimum absolute atomic E-state index is 0.121. The molecule has 0 aromatic rings. The van der Waals surface area contributed by atoms with Crippen LogP contribution < -0.4 is 10.0 Å². The monoisotopic (exact) mass is 305 g/mol. The molecule has 7 heteroatoms. The molecule has 1 aliphatic carbocycles. The zero-order chi connectivity index (χ0) is 14.4. The number of hydrogen-bond donors (Lipinski definition) is 3. The van der Waals surface area contributed by atoms with Crippen molar-refractivity contribution in [3.8, 4) is 0 Å². The Morgan fingerprint density at radius 3 is 2.60 bits per heavy atom. The minimum Gasteiger partial charge on any atom is -0.391 e. The summed E-state index contributed by atoms with van der Waals surface area (Å²) < 4.78 is 27.0. The van der Waals surface area contributed by atoms with E-state index < -0.39 is 16.1 Å². The quantitative estimate of drug-likeness (QED) is 0.597. The molecule has 0 radical (unpaired) electrons. The van der Waals surface area contributed by atoms with E-state index in [4.69, 9.17) is 0 Å². The molecule has 0 aromatic carbocycles. The van der Waals surface area contributed by atoms with Crippen molar-refractivity contribution < 1.29 is 13.5 Å². The first-order chi connectivity index (χ1) is 9.57. The second-order valence-corrected chi connectivity index (χ2v) is 7.71. The van der Waals surface area contributed by atoms with Gasteiger partial charge < -0.3 is 10.4 Å². The second kappa shape index (κ2) is 7.70. The molecule has 2 rings (SSSR count). The van der Waals surface area contributed by atoms with Gasteiger partial charge in [0.15, 0.2) is 0 Å². The Balaban J connectivity index is 1.79. The van der Waals surface area contributed by atoms with Crippen LogP contribution in [0.3, 0.4) is 0 Å². The van der Waals surface area contributed by atoms with Crippen LogP contribution in [0.2, 0.25) is 0 Å². The van der Waals surface area contributed by atoms with Crippen LogP contribution in [0.15, 0.2) is 0 Å². The lowest BCUT2D eigenvalue weighted by atomic mass is 10.1. The van der Waals surface area contributed by atoms with Gasteiger partial charge in [0.25, 0.3) is 0 Å². The van der Waals surface area contributed by atoms with Crippen LogP contribution in [0.1, 0.15) is 32.1 Å². The molecule has 2 unspecified atom stereocenters. The second-order valence-electron chi connectivity index (χ2n) is 5.84. The van der Waals surface area contributed by atoms with Crippen LogP contribution in [0.25, 0.3) is 0 Å². The number of rotatable bonds is 5. The van der Waals surface area contributed by atoms with E-state index in [1.807, 2.05) is 0 Å². The predicted molar refractivity (Wildman–Crippen MR) is 79.1 cm³/mol. The van der Waals surface area contributed by atoms with Crippen molar-refractivity contribution in [1.82, 2.24) is 14.9 Å². The fraction of sp³-hybridized carbons (Fsp3) is 1.00. The Kier molecular flexibility index (Phi) is 6.22. The molecule has 0 amide bonds. The third-order valence-corrected chi connectivity index (χ3v) is 5.58. The molecule has 0 aromatic heterocycles. The lowest BCUT2D eigenvalue weighted by molar-refractivity contribution is 0.130. The standard InChI is InChI=1S/C13H27N3O3S/c17-13-5-3-1-2-4-12(13)15-20(18,19)11-10-16-8-6-14-7-9-16/h12-15,17H,1-11H2. The largest absolute Gasteiger partial charge is 0.391 e. The number of sulfonamides is 1. The number of nitrogens with one attached hydrogen (secondary N) is 2. The number of nitrogens with zero attached hydrogens (tertiary/aromatic N) is 1. The lowest BCUT2D eigenvalue weighted by Gasteiger charge is -2.27. The lowest BCUT2D eigenvalue weighted by Crippen LogP contribution is -2.48. The molecule has 1 saturated carbocycles. The maximum Gasteiger partial charge on any atom is 0.213 e. The normalized spacial score (nSPS) is 30.1. The first kappa shape index (κ1) is 16.2. The SMILES string of the molecule is O=S(=O)(CCN1CCNCC1)NC1CCCCCC1O. The topological polar surface area (TPSA) is 81.7 Å². The fourth-order valence-electron chi connectivity index (χ4n) is 2.90. The highest BCUT2D eigenvalue weighted by molar-refractivity contribution is 7.89. The van der Waals surface area contributed by atoms with E-state index in [0.717, 1.165) is 51.9 Å². The Labute approximate surface area is 122 Å². The Morgan fingerprint density at radius 2 is 1.85 bits per heavy atom. The third-order valence-electron chi connectivity index (χ3n) is 4.20. The minimum atomic E-state index is -3.30. The molecule has 0 bridgehead atoms. The van der Waals surface area contributed by atoms with Gasteiger partial charge in [-0.05, 0) is 12.8 Å². The van der Waals surface area contributed by atoms with E-state index in [2.05, 4.69) is 14.9 Å². The van der Waals surface area contributed by atoms with E-state index in [-0.39, 0.29) is 11.8 Å². The van der Waals surface area contributed by atoms with Crippen molar-refractivity contribution in [3.05, 3.63) is 0 Å². The van der Waals surface area contributed by atoms with Crippen LogP contribution in [-0.4, -0.2) is 69.0 Å². The van der Waals surface area contributed by atoms with Crippen LogP contribution >= 0.6 is 0 Å². The van der Waals surface area contributed by atoms with Crippen molar-refractivity contribution in [3.63, 3.8) is 0 Å². The summed E-state index contributed by atoms with van der Waals surface area (Å²) in [7, 11) is -3.30. The Bertz CT molecular complexity index is 382. The molecule has 3 N–H and O–H groups in total. The summed E-state index contributed by atoms with van der Waals surface area (Å²) in [6.45, 7) is 4.23. The zero-order valence-corrected chi connectivity index (χ0v) is 12.9. The Morgan fingerprint density at radius 1 is 1.15 bits per heavy atom. The van der Waals surface area contributed by atoms with Gasteiger partial charge in [0.2, 0.25) is 10.0 Å². The van der Waals surface area contributed by atoms with E-state index in [0.29, 0.717) is 13.0 Å². The highest BCUT2D eigenvalue weighted by atomic mass is 32.2. The van der Waals surface area contributed by atoms with Crippen LogP contribution in [0.4, 0.5) is 0 Å². The molecule has 2 atom stereocenters. The van der Waals surface area contributed by atoms with E-state index in [1.165, 1.54) is 0 Å². The summed E-state index contributed by atoms with van der Waals surface area (Å²) in [6.07, 6.45) is 3.96. The van der Waals surface area contributed by atoms with Gasteiger partial charge in [-0.15, -0.1) is 0 Å². The summed E-state index contributed by atoms with van der Waals surface area (Å²) in [4.78, 5) is 2.17. The van der Waals surface area contributed by atoms with Crippen molar-refractivity contribution >= 4 is 10.0 Å². The van der Waals surface area contributed by atoms with Crippen molar-refractivity contribution in [2.24, 2.45) is 0 Å². The first-order valence-corrected chi connectivity index (χ1v) is 9.33. The molecule has 1 aliphatic heterocycles. The Hall–Kier alpha value is -0.210. The fourth-order valence-corrected chi connectivity index (χ4v) is 4.25. The smallest absolute Gasteiger partial charge is 0.213 e. The molecular formula is C13H27N3O3S. The molecule has 1 heterocycles. The predicted octanol–water partition coefficient (Wildman–Crippen LogP) is -0.495. The number of hydrogen-bond acceptors (Lipinski definition) is 5. The molecular weight excluding hydrogens is 278 g/mol. The van der Waals surface area contributed by atoms with E-state index in [1.54, 1.807) is 0 Å². The molecule has 20 heavy (non-hydrogen) atoms. The van der Waals surface area contributed by atoms with Crippen molar-refractivity contribution in [2.75, 3.05) is 38.5 Å². The maximum atomic E-state index is 12.1. The summed E-state index contributed by atoms with van der Waals surface area (Å²) in [6, 6.07) is -0.300. The van der Waals surface area contributed by atoms with Gasteiger partial charge in [-0.25, -0.2) is 13.1 Å². The first-order valence-electron chi connectivity index (χ1n) is 7.68. The molecule has 1 saturated heterocycles. The highest BCUT2D eigenvalue weighted by Crippen LogP contribution is 2.18. The van der Waals surface area contributed by atoms with Gasteiger partial charge in [-0.2, -0.15) is 0 Å². The van der Waals surface area contributed by atoms with Crippen LogP contribution in [0.5, 0.6) is 0 Å². The average molecular weight is 305 g/mol. The zero-order valence-electron chi connectivity index (χ0n) is 12.1. The number of piperazine rings is 1. The number of aliphatic hydroxyl groups excluding tert-OH is 1. The molecule has 2 aliphatic rings. The molecule has 118 valence electrons. The summed E-state index contributed by atoms with van der Waals surface area (Å²) >= 11 is 0. The van der Waals surface area contributed by atoms with Crippen molar-refractivity contribution in [1.29, 1.82) is 0 Å². The van der Waals surface area contributed by atoms with Gasteiger partial charge in [0.05, 0.1) is 11.9 Å². The van der Waals surface area contributed by atoms with Crippen LogP contribution in [0, 0.1) is 0 Å². The van der Waals surface area contributed by atoms with Gasteiger partial charge >= 0.3 is 0 Å². The van der Waals surface area contributed by atoms with E-state index in [9.17, 15) is 13.5 Å². The summed E-state index contributed by atoms with van der Waals surface area (Å²) in [5, 5.41) is 13.2. The average Bonchev–Trinajstić information content (AvgIpc) is 2.63. The van der Waals surface area contributed by atoms with Crippen molar-refractivity contribution in [2.45, 2.75) is 44.2 Å². The van der Waals surface area contributed by atoms with Crippen LogP contribution in [-0.2, 0) is 10.0 Å². The molecule has 6 nitrogen and oxygen atoms in total. The molecule has 2 fully saturated rings. The summed E-state index contributed by atoms with van der Waals surface area (Å²) in [5.41, 5.74) is 0.